The van der Waals surface area contributed by atoms with Gasteiger partial charge in [-0.3, -0.25) is 0 Å². The summed E-state index contributed by atoms with van der Waals surface area (Å²) in [6.07, 6.45) is 2.61. The molecule has 1 aromatic carbocycles. The summed E-state index contributed by atoms with van der Waals surface area (Å²) in [5.41, 5.74) is 6.83. The molecule has 4 nitrogen and oxygen atoms in total. The maximum absolute atomic E-state index is 5.82. The number of nitrogens with one attached hydrogen (secondary N) is 1. The number of halogens is 1. The number of rotatable bonds is 5. The topological polar surface area (TPSA) is 63.8 Å². The molecule has 2 rings (SSSR count). The van der Waals surface area contributed by atoms with Gasteiger partial charge in [0.25, 0.3) is 0 Å². The highest BCUT2D eigenvalue weighted by Gasteiger charge is 1.97. The van der Waals surface area contributed by atoms with Crippen LogP contribution in [0.5, 0.6) is 0 Å². The Balaban J connectivity index is 1.74. The lowest BCUT2D eigenvalue weighted by molar-refractivity contribution is 0.660. The van der Waals surface area contributed by atoms with Crippen molar-refractivity contribution in [2.45, 2.75) is 13.0 Å². The van der Waals surface area contributed by atoms with Crippen molar-refractivity contribution in [3.05, 3.63) is 52.9 Å². The molecule has 0 amide bonds. The molecule has 0 unspecified atom stereocenters. The lowest BCUT2D eigenvalue weighted by Crippen LogP contribution is -2.18. The Hall–Kier alpha value is -1.65. The van der Waals surface area contributed by atoms with Crippen molar-refractivity contribution >= 4 is 17.4 Å². The molecule has 1 aromatic heterocycles. The van der Waals surface area contributed by atoms with Gasteiger partial charge in [0.15, 0.2) is 0 Å². The Labute approximate surface area is 111 Å². The number of anilines is 1. The molecule has 5 heteroatoms. The van der Waals surface area contributed by atoms with Gasteiger partial charge in [-0.25, -0.2) is 9.97 Å². The van der Waals surface area contributed by atoms with Gasteiger partial charge >= 0.3 is 0 Å². The van der Waals surface area contributed by atoms with Crippen LogP contribution in [0.2, 0.25) is 5.02 Å². The Bertz CT molecular complexity index is 499. The van der Waals surface area contributed by atoms with E-state index < -0.39 is 0 Å². The number of hydrogen-bond donors (Lipinski definition) is 2. The van der Waals surface area contributed by atoms with Crippen LogP contribution in [0, 0.1) is 0 Å². The molecule has 0 fully saturated rings. The van der Waals surface area contributed by atoms with Crippen LogP contribution in [0.25, 0.3) is 0 Å². The van der Waals surface area contributed by atoms with Crippen molar-refractivity contribution in [2.75, 3.05) is 12.3 Å². The standard InChI is InChI=1S/C13H15ClN4/c14-11-3-1-10(2-4-11)5-7-16-9-13-17-8-6-12(15)18-13/h1-4,6,8,16H,5,7,9H2,(H2,15,17,18). The largest absolute Gasteiger partial charge is 0.384 e. The third kappa shape index (κ3) is 3.98. The van der Waals surface area contributed by atoms with Gasteiger partial charge in [-0.1, -0.05) is 23.7 Å². The Kier molecular flexibility index (Phi) is 4.50. The van der Waals surface area contributed by atoms with Gasteiger partial charge in [0, 0.05) is 11.2 Å². The molecule has 0 saturated heterocycles. The van der Waals surface area contributed by atoms with Crippen molar-refractivity contribution in [3.8, 4) is 0 Å². The quantitative estimate of drug-likeness (QED) is 0.810. The van der Waals surface area contributed by atoms with Gasteiger partial charge in [-0.05, 0) is 36.7 Å². The highest BCUT2D eigenvalue weighted by molar-refractivity contribution is 6.30. The first-order valence-electron chi connectivity index (χ1n) is 5.76. The first kappa shape index (κ1) is 12.8. The third-order valence-corrected chi connectivity index (χ3v) is 2.77. The van der Waals surface area contributed by atoms with Gasteiger partial charge in [-0.2, -0.15) is 0 Å². The molecule has 0 aliphatic heterocycles. The molecule has 3 N–H and O–H groups in total. The van der Waals surface area contributed by atoms with Crippen LogP contribution in [0.15, 0.2) is 36.5 Å². The molecule has 0 aliphatic rings. The van der Waals surface area contributed by atoms with E-state index in [-0.39, 0.29) is 0 Å². The summed E-state index contributed by atoms with van der Waals surface area (Å²) in [4.78, 5) is 8.24. The zero-order chi connectivity index (χ0) is 12.8. The van der Waals surface area contributed by atoms with Crippen LogP contribution in [-0.4, -0.2) is 16.5 Å². The van der Waals surface area contributed by atoms with E-state index in [4.69, 9.17) is 17.3 Å². The second kappa shape index (κ2) is 6.33. The molecule has 0 spiro atoms. The van der Waals surface area contributed by atoms with Crippen LogP contribution >= 0.6 is 11.6 Å². The van der Waals surface area contributed by atoms with E-state index in [1.54, 1.807) is 12.3 Å². The van der Waals surface area contributed by atoms with Crippen LogP contribution in [-0.2, 0) is 13.0 Å². The lowest BCUT2D eigenvalue weighted by atomic mass is 10.1. The SMILES string of the molecule is Nc1ccnc(CNCCc2ccc(Cl)cc2)n1. The average Bonchev–Trinajstić information content (AvgIpc) is 2.37. The zero-order valence-electron chi connectivity index (χ0n) is 9.94. The predicted molar refractivity (Wildman–Crippen MR) is 73.3 cm³/mol. The summed E-state index contributed by atoms with van der Waals surface area (Å²) < 4.78 is 0. The second-order valence-corrected chi connectivity index (χ2v) is 4.39. The number of benzene rings is 1. The monoisotopic (exact) mass is 262 g/mol. The first-order valence-corrected chi connectivity index (χ1v) is 6.14. The molecule has 2 aromatic rings. The zero-order valence-corrected chi connectivity index (χ0v) is 10.7. The lowest BCUT2D eigenvalue weighted by Gasteiger charge is -2.04. The van der Waals surface area contributed by atoms with E-state index in [0.29, 0.717) is 18.2 Å². The van der Waals surface area contributed by atoms with Gasteiger partial charge in [0.1, 0.15) is 11.6 Å². The van der Waals surface area contributed by atoms with Crippen LogP contribution in [0.3, 0.4) is 0 Å². The van der Waals surface area contributed by atoms with Crippen LogP contribution < -0.4 is 11.1 Å². The summed E-state index contributed by atoms with van der Waals surface area (Å²) in [5, 5.41) is 4.04. The maximum Gasteiger partial charge on any atom is 0.144 e. The van der Waals surface area contributed by atoms with Gasteiger partial charge in [0.2, 0.25) is 0 Å². The van der Waals surface area contributed by atoms with E-state index in [9.17, 15) is 0 Å². The van der Waals surface area contributed by atoms with E-state index in [1.807, 2.05) is 24.3 Å². The number of aromatic nitrogens is 2. The number of hydrogen-bond acceptors (Lipinski definition) is 4. The smallest absolute Gasteiger partial charge is 0.144 e. The van der Waals surface area contributed by atoms with Crippen molar-refractivity contribution in [2.24, 2.45) is 0 Å². The van der Waals surface area contributed by atoms with Crippen LogP contribution in [0.1, 0.15) is 11.4 Å². The second-order valence-electron chi connectivity index (χ2n) is 3.95. The highest BCUT2D eigenvalue weighted by Crippen LogP contribution is 2.09. The number of nitrogen functional groups attached to an aromatic ring is 1. The summed E-state index contributed by atoms with van der Waals surface area (Å²) in [6.45, 7) is 1.48. The Morgan fingerprint density at radius 2 is 1.94 bits per heavy atom. The highest BCUT2D eigenvalue weighted by atomic mass is 35.5. The van der Waals surface area contributed by atoms with Crippen molar-refractivity contribution in [3.63, 3.8) is 0 Å². The Morgan fingerprint density at radius 3 is 2.67 bits per heavy atom. The van der Waals surface area contributed by atoms with Gasteiger partial charge < -0.3 is 11.1 Å². The molecule has 0 aliphatic carbocycles. The fourth-order valence-corrected chi connectivity index (χ4v) is 1.71. The molecule has 18 heavy (non-hydrogen) atoms. The number of nitrogens with two attached hydrogens (primary N) is 1. The third-order valence-electron chi connectivity index (χ3n) is 2.51. The minimum Gasteiger partial charge on any atom is -0.384 e. The van der Waals surface area contributed by atoms with E-state index in [2.05, 4.69) is 15.3 Å². The first-order chi connectivity index (χ1) is 8.74. The van der Waals surface area contributed by atoms with Gasteiger partial charge in [0.05, 0.1) is 6.54 Å². The summed E-state index contributed by atoms with van der Waals surface area (Å²) in [5.74, 6) is 1.21. The normalized spacial score (nSPS) is 10.5. The molecule has 0 atom stereocenters. The fourth-order valence-electron chi connectivity index (χ4n) is 1.58. The molecule has 94 valence electrons. The average molecular weight is 263 g/mol. The summed E-state index contributed by atoms with van der Waals surface area (Å²) in [6, 6.07) is 9.54. The number of nitrogens with zero attached hydrogens (tertiary/aromatic N) is 2. The maximum atomic E-state index is 5.82. The van der Waals surface area contributed by atoms with Crippen molar-refractivity contribution in [1.29, 1.82) is 0 Å². The molecule has 0 radical (unpaired) electrons. The Morgan fingerprint density at radius 1 is 1.17 bits per heavy atom. The van der Waals surface area contributed by atoms with Crippen molar-refractivity contribution in [1.82, 2.24) is 15.3 Å². The minimum atomic E-state index is 0.500. The molecule has 0 bridgehead atoms. The van der Waals surface area contributed by atoms with E-state index in [1.165, 1.54) is 5.56 Å². The summed E-state index contributed by atoms with van der Waals surface area (Å²) >= 11 is 5.82. The molecular formula is C13H15ClN4. The molecule has 0 saturated carbocycles. The van der Waals surface area contributed by atoms with E-state index >= 15 is 0 Å². The fraction of sp³-hybridized carbons (Fsp3) is 0.231. The van der Waals surface area contributed by atoms with E-state index in [0.717, 1.165) is 18.0 Å². The minimum absolute atomic E-state index is 0.500. The van der Waals surface area contributed by atoms with Crippen LogP contribution in [0.4, 0.5) is 5.82 Å². The van der Waals surface area contributed by atoms with Gasteiger partial charge in [-0.15, -0.1) is 0 Å². The molecule has 1 heterocycles. The van der Waals surface area contributed by atoms with Crippen molar-refractivity contribution < 1.29 is 0 Å². The summed E-state index contributed by atoms with van der Waals surface area (Å²) in [7, 11) is 0. The molecular weight excluding hydrogens is 248 g/mol. The predicted octanol–water partition coefficient (Wildman–Crippen LogP) is 2.04.